The van der Waals surface area contributed by atoms with E-state index in [0.717, 1.165) is 13.0 Å². The molecule has 2 aromatic carbocycles. The fraction of sp³-hybridized carbons (Fsp3) is 0.333. The summed E-state index contributed by atoms with van der Waals surface area (Å²) in [4.78, 5) is 0. The molecule has 2 aromatic rings. The fourth-order valence-electron chi connectivity index (χ4n) is 2.71. The molecule has 3 rings (SSSR count). The summed E-state index contributed by atoms with van der Waals surface area (Å²) in [7, 11) is 0. The van der Waals surface area contributed by atoms with Crippen LogP contribution in [0.2, 0.25) is 0 Å². The van der Waals surface area contributed by atoms with Gasteiger partial charge in [0, 0.05) is 0 Å². The van der Waals surface area contributed by atoms with Crippen molar-refractivity contribution in [2.45, 2.75) is 31.6 Å². The number of hydrogen-bond acceptors (Lipinski definition) is 2. The Morgan fingerprint density at radius 3 is 1.95 bits per heavy atom. The average Bonchev–Trinajstić information content (AvgIpc) is 2.55. The quantitative estimate of drug-likeness (QED) is 0.907. The van der Waals surface area contributed by atoms with Crippen molar-refractivity contribution < 1.29 is 4.74 Å². The molecule has 0 aromatic heterocycles. The van der Waals surface area contributed by atoms with Crippen LogP contribution in [0.25, 0.3) is 0 Å². The van der Waals surface area contributed by atoms with E-state index in [1.807, 2.05) is 12.1 Å². The summed E-state index contributed by atoms with van der Waals surface area (Å²) in [5.74, 6) is 0. The predicted molar refractivity (Wildman–Crippen MR) is 81.5 cm³/mol. The fourth-order valence-corrected chi connectivity index (χ4v) is 2.71. The summed E-state index contributed by atoms with van der Waals surface area (Å²) in [5.41, 5.74) is 2.43. The Morgan fingerprint density at radius 2 is 1.45 bits per heavy atom. The number of ether oxygens (including phenoxy) is 1. The van der Waals surface area contributed by atoms with E-state index in [2.05, 4.69) is 53.8 Å². The first-order valence-corrected chi connectivity index (χ1v) is 7.42. The maximum absolute atomic E-state index is 6.35. The number of piperidine rings is 1. The minimum absolute atomic E-state index is 0.00741. The minimum atomic E-state index is 0.00741. The van der Waals surface area contributed by atoms with Gasteiger partial charge < -0.3 is 4.74 Å². The van der Waals surface area contributed by atoms with Crippen LogP contribution in [0, 0.1) is 0 Å². The molecule has 104 valence electrons. The first-order chi connectivity index (χ1) is 9.93. The third-order valence-electron chi connectivity index (χ3n) is 3.77. The second-order valence-electron chi connectivity index (χ2n) is 5.28. The Labute approximate surface area is 120 Å². The van der Waals surface area contributed by atoms with Crippen LogP contribution in [0.3, 0.4) is 0 Å². The number of nitrogens with one attached hydrogen (secondary N) is 1. The molecule has 1 N–H and O–H groups in total. The van der Waals surface area contributed by atoms with Crippen LogP contribution in [0.5, 0.6) is 0 Å². The third kappa shape index (κ3) is 3.27. The van der Waals surface area contributed by atoms with E-state index in [-0.39, 0.29) is 12.3 Å². The van der Waals surface area contributed by atoms with Crippen molar-refractivity contribution in [3.8, 4) is 0 Å². The number of rotatable bonds is 4. The Hall–Kier alpha value is -1.64. The van der Waals surface area contributed by atoms with Gasteiger partial charge in [0.1, 0.15) is 12.3 Å². The summed E-state index contributed by atoms with van der Waals surface area (Å²) in [5, 5.41) is 3.47. The summed E-state index contributed by atoms with van der Waals surface area (Å²) < 4.78 is 6.35. The number of hydrogen-bond donors (Lipinski definition) is 1. The zero-order valence-corrected chi connectivity index (χ0v) is 11.7. The van der Waals surface area contributed by atoms with E-state index in [9.17, 15) is 0 Å². The van der Waals surface area contributed by atoms with Gasteiger partial charge in [-0.1, -0.05) is 60.7 Å². The lowest BCUT2D eigenvalue weighted by Gasteiger charge is -2.29. The molecule has 0 spiro atoms. The van der Waals surface area contributed by atoms with Gasteiger partial charge in [0.2, 0.25) is 0 Å². The zero-order chi connectivity index (χ0) is 13.6. The van der Waals surface area contributed by atoms with E-state index >= 15 is 0 Å². The molecule has 1 aliphatic heterocycles. The second-order valence-corrected chi connectivity index (χ2v) is 5.28. The van der Waals surface area contributed by atoms with Crippen LogP contribution >= 0.6 is 0 Å². The zero-order valence-electron chi connectivity index (χ0n) is 11.7. The first kappa shape index (κ1) is 13.3. The molecule has 2 heteroatoms. The lowest BCUT2D eigenvalue weighted by atomic mass is 10.0. The molecule has 1 saturated heterocycles. The second kappa shape index (κ2) is 6.69. The van der Waals surface area contributed by atoms with Crippen LogP contribution in [0.15, 0.2) is 60.7 Å². The van der Waals surface area contributed by atoms with Crippen LogP contribution in [0.1, 0.15) is 36.5 Å². The van der Waals surface area contributed by atoms with E-state index in [1.165, 1.54) is 24.0 Å². The molecular weight excluding hydrogens is 246 g/mol. The van der Waals surface area contributed by atoms with Crippen molar-refractivity contribution >= 4 is 0 Å². The maximum Gasteiger partial charge on any atom is 0.110 e. The van der Waals surface area contributed by atoms with Gasteiger partial charge in [-0.2, -0.15) is 0 Å². The smallest absolute Gasteiger partial charge is 0.110 e. The van der Waals surface area contributed by atoms with Crippen molar-refractivity contribution in [3.63, 3.8) is 0 Å². The van der Waals surface area contributed by atoms with Gasteiger partial charge in [-0.3, -0.25) is 5.32 Å². The largest absolute Gasteiger partial charge is 0.351 e. The lowest BCUT2D eigenvalue weighted by molar-refractivity contribution is -0.0259. The van der Waals surface area contributed by atoms with Crippen LogP contribution in [-0.4, -0.2) is 12.8 Å². The normalized spacial score (nSPS) is 19.1. The van der Waals surface area contributed by atoms with Crippen LogP contribution in [-0.2, 0) is 4.74 Å². The van der Waals surface area contributed by atoms with E-state index in [1.54, 1.807) is 0 Å². The highest BCUT2D eigenvalue weighted by Gasteiger charge is 2.21. The van der Waals surface area contributed by atoms with Crippen molar-refractivity contribution in [2.24, 2.45) is 0 Å². The molecule has 0 saturated carbocycles. The molecule has 0 amide bonds. The molecule has 1 atom stereocenters. The summed E-state index contributed by atoms with van der Waals surface area (Å²) in [6.07, 6.45) is 3.76. The van der Waals surface area contributed by atoms with E-state index < -0.39 is 0 Å². The molecular formula is C18H21NO. The first-order valence-electron chi connectivity index (χ1n) is 7.42. The maximum atomic E-state index is 6.35. The molecule has 0 radical (unpaired) electrons. The highest BCUT2D eigenvalue weighted by Crippen LogP contribution is 2.28. The van der Waals surface area contributed by atoms with Gasteiger partial charge in [-0.25, -0.2) is 0 Å². The average molecular weight is 267 g/mol. The molecule has 1 aliphatic rings. The molecule has 1 fully saturated rings. The monoisotopic (exact) mass is 267 g/mol. The van der Waals surface area contributed by atoms with Crippen molar-refractivity contribution in [1.82, 2.24) is 5.32 Å². The molecule has 1 unspecified atom stereocenters. The van der Waals surface area contributed by atoms with Gasteiger partial charge in [0.25, 0.3) is 0 Å². The van der Waals surface area contributed by atoms with Gasteiger partial charge in [-0.15, -0.1) is 0 Å². The van der Waals surface area contributed by atoms with Gasteiger partial charge >= 0.3 is 0 Å². The van der Waals surface area contributed by atoms with E-state index in [4.69, 9.17) is 4.74 Å². The highest BCUT2D eigenvalue weighted by molar-refractivity contribution is 5.29. The standard InChI is InChI=1S/C18H21NO/c1-3-9-15(10-4-1)18(16-11-5-2-6-12-16)20-17-13-7-8-14-19-17/h1-6,9-12,17-19H,7-8,13-14H2. The Morgan fingerprint density at radius 1 is 0.850 bits per heavy atom. The topological polar surface area (TPSA) is 21.3 Å². The van der Waals surface area contributed by atoms with Gasteiger partial charge in [0.15, 0.2) is 0 Å². The molecule has 0 aliphatic carbocycles. The van der Waals surface area contributed by atoms with Crippen molar-refractivity contribution in [2.75, 3.05) is 6.54 Å². The molecule has 2 nitrogen and oxygen atoms in total. The summed E-state index contributed by atoms with van der Waals surface area (Å²) in [6.45, 7) is 1.06. The van der Waals surface area contributed by atoms with Gasteiger partial charge in [0.05, 0.1) is 0 Å². The summed E-state index contributed by atoms with van der Waals surface area (Å²) in [6, 6.07) is 20.9. The third-order valence-corrected chi connectivity index (χ3v) is 3.77. The van der Waals surface area contributed by atoms with Crippen LogP contribution < -0.4 is 5.32 Å². The molecule has 1 heterocycles. The summed E-state index contributed by atoms with van der Waals surface area (Å²) >= 11 is 0. The number of benzene rings is 2. The SMILES string of the molecule is c1ccc(C(OC2CCCCN2)c2ccccc2)cc1. The Bertz CT molecular complexity index is 466. The predicted octanol–water partition coefficient (Wildman–Crippen LogP) is 3.89. The Balaban J connectivity index is 1.83. The molecule has 20 heavy (non-hydrogen) atoms. The molecule has 0 bridgehead atoms. The van der Waals surface area contributed by atoms with E-state index in [0.29, 0.717) is 0 Å². The highest BCUT2D eigenvalue weighted by atomic mass is 16.5. The van der Waals surface area contributed by atoms with Crippen molar-refractivity contribution in [3.05, 3.63) is 71.8 Å². The van der Waals surface area contributed by atoms with Crippen LogP contribution in [0.4, 0.5) is 0 Å². The lowest BCUT2D eigenvalue weighted by Crippen LogP contribution is -2.37. The van der Waals surface area contributed by atoms with Crippen molar-refractivity contribution in [1.29, 1.82) is 0 Å². The minimum Gasteiger partial charge on any atom is -0.351 e. The van der Waals surface area contributed by atoms with Gasteiger partial charge in [-0.05, 0) is 36.9 Å². The Kier molecular flexibility index (Phi) is 4.46.